The Kier molecular flexibility index (Phi) is 8.19. The van der Waals surface area contributed by atoms with E-state index >= 15 is 0 Å². The van der Waals surface area contributed by atoms with Gasteiger partial charge in [0.25, 0.3) is 0 Å². The van der Waals surface area contributed by atoms with E-state index in [0.717, 1.165) is 0 Å². The highest BCUT2D eigenvalue weighted by Gasteiger charge is 2.33. The van der Waals surface area contributed by atoms with Crippen LogP contribution in [0.5, 0.6) is 0 Å². The lowest BCUT2D eigenvalue weighted by atomic mass is 9.94. The molecule has 0 bridgehead atoms. The van der Waals surface area contributed by atoms with E-state index in [2.05, 4.69) is 53.1 Å². The summed E-state index contributed by atoms with van der Waals surface area (Å²) < 4.78 is 4.13. The molecule has 2 aromatic carbocycles. The summed E-state index contributed by atoms with van der Waals surface area (Å²) in [5, 5.41) is 4.06. The highest BCUT2D eigenvalue weighted by Crippen LogP contribution is 2.45. The van der Waals surface area contributed by atoms with Gasteiger partial charge < -0.3 is 10.1 Å². The molecule has 0 aromatic heterocycles. The van der Waals surface area contributed by atoms with Crippen molar-refractivity contribution < 1.29 is 14.3 Å². The van der Waals surface area contributed by atoms with Crippen LogP contribution in [0.3, 0.4) is 0 Å². The number of esters is 2. The topological polar surface area (TPSA) is 55.4 Å². The number of anilines is 2. The van der Waals surface area contributed by atoms with Crippen molar-refractivity contribution in [2.24, 2.45) is 0 Å². The molecular formula is C18H14Br3Cl2NO3. The average molecular weight is 603 g/mol. The summed E-state index contributed by atoms with van der Waals surface area (Å²) >= 11 is 22.7. The van der Waals surface area contributed by atoms with Crippen molar-refractivity contribution in [1.29, 1.82) is 0 Å². The molecule has 2 rings (SSSR count). The normalized spacial score (nSPS) is 12.4. The van der Waals surface area contributed by atoms with Crippen molar-refractivity contribution in [2.45, 2.75) is 21.4 Å². The first-order valence-electron chi connectivity index (χ1n) is 7.67. The highest BCUT2D eigenvalue weighted by molar-refractivity contribution is 9.39. The molecular weight excluding hydrogens is 589 g/mol. The van der Waals surface area contributed by atoms with E-state index in [1.165, 1.54) is 6.92 Å². The molecule has 0 aliphatic rings. The van der Waals surface area contributed by atoms with Crippen LogP contribution in [-0.4, -0.2) is 14.1 Å². The molecule has 4 nitrogen and oxygen atoms in total. The summed E-state index contributed by atoms with van der Waals surface area (Å²) in [5.41, 5.74) is 1.77. The number of alkyl halides is 3. The van der Waals surface area contributed by atoms with Crippen LogP contribution in [0.4, 0.5) is 11.4 Å². The zero-order chi connectivity index (χ0) is 20.2. The van der Waals surface area contributed by atoms with E-state index in [-0.39, 0.29) is 6.42 Å². The number of benzene rings is 2. The molecule has 27 heavy (non-hydrogen) atoms. The third-order valence-corrected chi connectivity index (χ3v) is 5.12. The number of hydrogen-bond acceptors (Lipinski definition) is 4. The molecule has 0 saturated heterocycles. The summed E-state index contributed by atoms with van der Waals surface area (Å²) in [7, 11) is 0. The standard InChI is InChI=1S/C18H14Br3Cl2NO3/c1-10(25)27-17(26)12(9-18(19,20)21)11-5-2-3-8-15(11)24-16-13(22)6-4-7-14(16)23/h2-8,12,24H,9H2,1H3. The van der Waals surface area contributed by atoms with Crippen LogP contribution >= 0.6 is 71.0 Å². The fourth-order valence-corrected chi connectivity index (χ4v) is 3.89. The van der Waals surface area contributed by atoms with Crippen LogP contribution in [0.2, 0.25) is 10.0 Å². The Morgan fingerprint density at radius 3 is 2.22 bits per heavy atom. The fraction of sp³-hybridized carbons (Fsp3) is 0.222. The van der Waals surface area contributed by atoms with Crippen LogP contribution < -0.4 is 5.32 Å². The van der Waals surface area contributed by atoms with Crippen LogP contribution in [0.1, 0.15) is 24.8 Å². The molecule has 0 fully saturated rings. The lowest BCUT2D eigenvalue weighted by Gasteiger charge is -2.23. The van der Waals surface area contributed by atoms with Gasteiger partial charge in [0.1, 0.15) is 2.14 Å². The molecule has 0 aliphatic carbocycles. The Balaban J connectivity index is 2.47. The Morgan fingerprint density at radius 1 is 1.07 bits per heavy atom. The van der Waals surface area contributed by atoms with Gasteiger partial charge in [0.05, 0.1) is 21.7 Å². The van der Waals surface area contributed by atoms with E-state index in [1.54, 1.807) is 36.4 Å². The number of para-hydroxylation sites is 2. The zero-order valence-electron chi connectivity index (χ0n) is 13.9. The van der Waals surface area contributed by atoms with Gasteiger partial charge in [-0.05, 0) is 30.2 Å². The van der Waals surface area contributed by atoms with Gasteiger partial charge >= 0.3 is 11.9 Å². The van der Waals surface area contributed by atoms with Gasteiger partial charge in [-0.3, -0.25) is 9.59 Å². The molecule has 144 valence electrons. The molecule has 1 unspecified atom stereocenters. The Bertz CT molecular complexity index is 836. The van der Waals surface area contributed by atoms with Gasteiger partial charge in [0, 0.05) is 12.6 Å². The van der Waals surface area contributed by atoms with Gasteiger partial charge in [-0.2, -0.15) is 0 Å². The number of nitrogens with one attached hydrogen (secondary N) is 1. The first kappa shape index (κ1) is 22.7. The molecule has 2 aromatic rings. The monoisotopic (exact) mass is 599 g/mol. The van der Waals surface area contributed by atoms with Crippen LogP contribution in [-0.2, 0) is 14.3 Å². The van der Waals surface area contributed by atoms with Crippen molar-refractivity contribution in [1.82, 2.24) is 0 Å². The third kappa shape index (κ3) is 6.75. The number of carbonyl (C=O) groups is 2. The maximum absolute atomic E-state index is 12.6. The maximum Gasteiger partial charge on any atom is 0.321 e. The van der Waals surface area contributed by atoms with Gasteiger partial charge in [-0.15, -0.1) is 0 Å². The number of carbonyl (C=O) groups excluding carboxylic acids is 2. The molecule has 0 aliphatic heterocycles. The summed E-state index contributed by atoms with van der Waals surface area (Å²) in [6, 6.07) is 12.3. The van der Waals surface area contributed by atoms with Crippen molar-refractivity contribution in [3.8, 4) is 0 Å². The second kappa shape index (κ2) is 9.74. The zero-order valence-corrected chi connectivity index (χ0v) is 20.2. The smallest absolute Gasteiger partial charge is 0.321 e. The predicted octanol–water partition coefficient (Wildman–Crippen LogP) is 7.14. The first-order chi connectivity index (χ1) is 12.6. The SMILES string of the molecule is CC(=O)OC(=O)C(CC(Br)(Br)Br)c1ccccc1Nc1c(Cl)cccc1Cl. The molecule has 1 N–H and O–H groups in total. The Morgan fingerprint density at radius 2 is 1.67 bits per heavy atom. The van der Waals surface area contributed by atoms with Gasteiger partial charge in [0.2, 0.25) is 0 Å². The Hall–Kier alpha value is -0.600. The van der Waals surface area contributed by atoms with Gasteiger partial charge in [-0.1, -0.05) is 95.3 Å². The molecule has 0 radical (unpaired) electrons. The highest BCUT2D eigenvalue weighted by atomic mass is 80.0. The van der Waals surface area contributed by atoms with Crippen LogP contribution in [0, 0.1) is 0 Å². The summed E-state index contributed by atoms with van der Waals surface area (Å²) in [4.78, 5) is 23.9. The van der Waals surface area contributed by atoms with Crippen molar-refractivity contribution in [2.75, 3.05) is 5.32 Å². The van der Waals surface area contributed by atoms with E-state index in [1.807, 2.05) is 6.07 Å². The van der Waals surface area contributed by atoms with E-state index in [4.69, 9.17) is 27.9 Å². The summed E-state index contributed by atoms with van der Waals surface area (Å²) in [5.74, 6) is -2.09. The fourth-order valence-electron chi connectivity index (χ4n) is 2.43. The molecule has 0 heterocycles. The first-order valence-corrected chi connectivity index (χ1v) is 10.8. The molecule has 1 atom stereocenters. The minimum Gasteiger partial charge on any atom is -0.393 e. The van der Waals surface area contributed by atoms with Crippen molar-refractivity contribution in [3.63, 3.8) is 0 Å². The van der Waals surface area contributed by atoms with Crippen molar-refractivity contribution in [3.05, 3.63) is 58.1 Å². The van der Waals surface area contributed by atoms with Gasteiger partial charge in [0.15, 0.2) is 0 Å². The van der Waals surface area contributed by atoms with Crippen LogP contribution in [0.25, 0.3) is 0 Å². The number of halogens is 5. The number of ether oxygens (including phenoxy) is 1. The molecule has 0 spiro atoms. The van der Waals surface area contributed by atoms with E-state index < -0.39 is 20.0 Å². The molecule has 0 amide bonds. The average Bonchev–Trinajstić information content (AvgIpc) is 2.55. The largest absolute Gasteiger partial charge is 0.393 e. The minimum atomic E-state index is -0.753. The van der Waals surface area contributed by atoms with Crippen LogP contribution in [0.15, 0.2) is 42.5 Å². The number of rotatable bonds is 5. The molecule has 0 saturated carbocycles. The predicted molar refractivity (Wildman–Crippen MR) is 120 cm³/mol. The van der Waals surface area contributed by atoms with Gasteiger partial charge in [-0.25, -0.2) is 0 Å². The Labute approximate surface area is 192 Å². The van der Waals surface area contributed by atoms with E-state index in [0.29, 0.717) is 27.0 Å². The quantitative estimate of drug-likeness (QED) is 0.225. The number of hydrogen-bond donors (Lipinski definition) is 1. The summed E-state index contributed by atoms with van der Waals surface area (Å²) in [6.45, 7) is 1.19. The lowest BCUT2D eigenvalue weighted by Crippen LogP contribution is -2.23. The second-order valence-corrected chi connectivity index (χ2v) is 13.7. The lowest BCUT2D eigenvalue weighted by molar-refractivity contribution is -0.159. The third-order valence-electron chi connectivity index (χ3n) is 3.52. The second-order valence-electron chi connectivity index (χ2n) is 5.59. The molecule has 9 heteroatoms. The minimum absolute atomic E-state index is 0.258. The maximum atomic E-state index is 12.6. The van der Waals surface area contributed by atoms with Crippen molar-refractivity contribution >= 4 is 94.3 Å². The summed E-state index contributed by atoms with van der Waals surface area (Å²) in [6.07, 6.45) is 0.258. The van der Waals surface area contributed by atoms with E-state index in [9.17, 15) is 9.59 Å².